The largest absolute Gasteiger partial charge is 0.467 e. The highest BCUT2D eigenvalue weighted by Crippen LogP contribution is 2.06. The molecule has 5 heteroatoms. The number of carbonyl (C=O) groups excluding carboxylic acids is 2. The van der Waals surface area contributed by atoms with Crippen LogP contribution in [0.3, 0.4) is 0 Å². The van der Waals surface area contributed by atoms with Crippen LogP contribution in [0.5, 0.6) is 0 Å². The quantitative estimate of drug-likeness (QED) is 0.639. The molecule has 0 aliphatic rings. The summed E-state index contributed by atoms with van der Waals surface area (Å²) in [5.41, 5.74) is 0. The first-order chi connectivity index (χ1) is 6.88. The summed E-state index contributed by atoms with van der Waals surface area (Å²) in [5.74, 6) is -0.799. The van der Waals surface area contributed by atoms with Gasteiger partial charge in [-0.15, -0.1) is 0 Å². The molecule has 5 nitrogen and oxygen atoms in total. The molecule has 0 aromatic rings. The molecule has 0 unspecified atom stereocenters. The summed E-state index contributed by atoms with van der Waals surface area (Å²) in [4.78, 5) is 22.5. The van der Waals surface area contributed by atoms with Crippen LogP contribution in [0, 0.1) is 5.92 Å². The Morgan fingerprint density at radius 2 is 1.87 bits per heavy atom. The van der Waals surface area contributed by atoms with E-state index in [-0.39, 0.29) is 5.92 Å². The summed E-state index contributed by atoms with van der Waals surface area (Å²) in [7, 11) is 1.27. The SMILES string of the molecule is COC(=O)[C@H](CC(C)C)NC(=O)[C@H](C)O. The van der Waals surface area contributed by atoms with Crippen LogP contribution in [0.25, 0.3) is 0 Å². The maximum atomic E-state index is 11.3. The molecule has 2 atom stereocenters. The number of rotatable bonds is 5. The summed E-state index contributed by atoms with van der Waals surface area (Å²) in [5, 5.41) is 11.4. The molecule has 15 heavy (non-hydrogen) atoms. The third-order valence-electron chi connectivity index (χ3n) is 1.89. The minimum atomic E-state index is -1.12. The van der Waals surface area contributed by atoms with E-state index in [1.807, 2.05) is 13.8 Å². The molecule has 88 valence electrons. The highest BCUT2D eigenvalue weighted by atomic mass is 16.5. The lowest BCUT2D eigenvalue weighted by molar-refractivity contribution is -0.146. The maximum absolute atomic E-state index is 11.3. The Morgan fingerprint density at radius 3 is 2.20 bits per heavy atom. The van der Waals surface area contributed by atoms with Crippen molar-refractivity contribution < 1.29 is 19.4 Å². The van der Waals surface area contributed by atoms with Gasteiger partial charge in [-0.1, -0.05) is 13.8 Å². The average molecular weight is 217 g/mol. The number of hydrogen-bond donors (Lipinski definition) is 2. The summed E-state index contributed by atoms with van der Waals surface area (Å²) < 4.78 is 4.56. The highest BCUT2D eigenvalue weighted by Gasteiger charge is 2.23. The molecular weight excluding hydrogens is 198 g/mol. The topological polar surface area (TPSA) is 75.6 Å². The molecule has 0 radical (unpaired) electrons. The Labute approximate surface area is 89.8 Å². The van der Waals surface area contributed by atoms with E-state index in [1.54, 1.807) is 0 Å². The minimum Gasteiger partial charge on any atom is -0.467 e. The van der Waals surface area contributed by atoms with E-state index >= 15 is 0 Å². The third kappa shape index (κ3) is 5.37. The fraction of sp³-hybridized carbons (Fsp3) is 0.800. The second kappa shape index (κ2) is 6.40. The van der Waals surface area contributed by atoms with Gasteiger partial charge in [-0.3, -0.25) is 4.79 Å². The van der Waals surface area contributed by atoms with Gasteiger partial charge in [-0.25, -0.2) is 4.79 Å². The minimum absolute atomic E-state index is 0.253. The van der Waals surface area contributed by atoms with Crippen molar-refractivity contribution in [3.8, 4) is 0 Å². The van der Waals surface area contributed by atoms with Crippen molar-refractivity contribution in [1.29, 1.82) is 0 Å². The van der Waals surface area contributed by atoms with Crippen LogP contribution in [0.1, 0.15) is 27.2 Å². The van der Waals surface area contributed by atoms with Gasteiger partial charge in [0, 0.05) is 0 Å². The summed E-state index contributed by atoms with van der Waals surface area (Å²) >= 11 is 0. The van der Waals surface area contributed by atoms with Crippen LogP contribution in [-0.2, 0) is 14.3 Å². The molecule has 0 aliphatic carbocycles. The van der Waals surface area contributed by atoms with E-state index in [4.69, 9.17) is 5.11 Å². The number of aliphatic hydroxyl groups is 1. The third-order valence-corrected chi connectivity index (χ3v) is 1.89. The lowest BCUT2D eigenvalue weighted by atomic mass is 10.0. The number of esters is 1. The van der Waals surface area contributed by atoms with Gasteiger partial charge in [0.15, 0.2) is 0 Å². The number of amides is 1. The van der Waals surface area contributed by atoms with Crippen LogP contribution >= 0.6 is 0 Å². The Morgan fingerprint density at radius 1 is 1.33 bits per heavy atom. The van der Waals surface area contributed by atoms with Crippen molar-refractivity contribution in [3.05, 3.63) is 0 Å². The monoisotopic (exact) mass is 217 g/mol. The number of methoxy groups -OCH3 is 1. The van der Waals surface area contributed by atoms with Crippen molar-refractivity contribution in [1.82, 2.24) is 5.32 Å². The van der Waals surface area contributed by atoms with E-state index in [0.717, 1.165) is 0 Å². The fourth-order valence-electron chi connectivity index (χ4n) is 1.12. The second-order valence-electron chi connectivity index (χ2n) is 3.89. The van der Waals surface area contributed by atoms with Crippen molar-refractivity contribution in [2.45, 2.75) is 39.3 Å². The zero-order valence-corrected chi connectivity index (χ0v) is 9.61. The Kier molecular flexibility index (Phi) is 5.93. The molecular formula is C10H19NO4. The summed E-state index contributed by atoms with van der Waals surface area (Å²) in [6.45, 7) is 5.22. The van der Waals surface area contributed by atoms with Crippen molar-refractivity contribution in [2.24, 2.45) is 5.92 Å². The second-order valence-corrected chi connectivity index (χ2v) is 3.89. The molecule has 0 saturated carbocycles. The molecule has 0 bridgehead atoms. The van der Waals surface area contributed by atoms with Gasteiger partial charge in [0.1, 0.15) is 12.1 Å². The molecule has 0 fully saturated rings. The van der Waals surface area contributed by atoms with Crippen LogP contribution in [0.15, 0.2) is 0 Å². The van der Waals surface area contributed by atoms with Gasteiger partial charge in [0.25, 0.3) is 0 Å². The van der Waals surface area contributed by atoms with E-state index in [1.165, 1.54) is 14.0 Å². The molecule has 2 N–H and O–H groups in total. The average Bonchev–Trinajstić information content (AvgIpc) is 2.14. The molecule has 0 heterocycles. The van der Waals surface area contributed by atoms with Gasteiger partial charge in [-0.2, -0.15) is 0 Å². The molecule has 0 saturated heterocycles. The Bertz CT molecular complexity index is 225. The Hall–Kier alpha value is -1.10. The predicted molar refractivity (Wildman–Crippen MR) is 55.1 cm³/mol. The standard InChI is InChI=1S/C10H19NO4/c1-6(2)5-8(10(14)15-4)11-9(13)7(3)12/h6-8,12H,5H2,1-4H3,(H,11,13)/t7-,8-/m0/s1. The summed E-state index contributed by atoms with van der Waals surface area (Å²) in [6.07, 6.45) is -0.630. The molecule has 0 aromatic heterocycles. The normalized spacial score (nSPS) is 14.5. The van der Waals surface area contributed by atoms with E-state index < -0.39 is 24.0 Å². The highest BCUT2D eigenvalue weighted by molar-refractivity contribution is 5.86. The van der Waals surface area contributed by atoms with E-state index in [0.29, 0.717) is 6.42 Å². The molecule has 0 rings (SSSR count). The fourth-order valence-corrected chi connectivity index (χ4v) is 1.12. The van der Waals surface area contributed by atoms with Gasteiger partial charge in [-0.05, 0) is 19.3 Å². The number of hydrogen-bond acceptors (Lipinski definition) is 4. The molecule has 0 spiro atoms. The van der Waals surface area contributed by atoms with E-state index in [2.05, 4.69) is 10.1 Å². The van der Waals surface area contributed by atoms with E-state index in [9.17, 15) is 9.59 Å². The first kappa shape index (κ1) is 13.9. The molecule has 1 amide bonds. The number of carbonyl (C=O) groups is 2. The first-order valence-corrected chi connectivity index (χ1v) is 4.94. The zero-order chi connectivity index (χ0) is 12.0. The number of ether oxygens (including phenoxy) is 1. The molecule has 0 aromatic carbocycles. The maximum Gasteiger partial charge on any atom is 0.328 e. The lowest BCUT2D eigenvalue weighted by Crippen LogP contribution is -2.45. The van der Waals surface area contributed by atoms with Gasteiger partial charge < -0.3 is 15.2 Å². The van der Waals surface area contributed by atoms with Crippen molar-refractivity contribution in [2.75, 3.05) is 7.11 Å². The number of aliphatic hydroxyl groups excluding tert-OH is 1. The van der Waals surface area contributed by atoms with Crippen molar-refractivity contribution >= 4 is 11.9 Å². The van der Waals surface area contributed by atoms with Gasteiger partial charge in [0.05, 0.1) is 7.11 Å². The van der Waals surface area contributed by atoms with Gasteiger partial charge in [0.2, 0.25) is 5.91 Å². The van der Waals surface area contributed by atoms with Crippen LogP contribution < -0.4 is 5.32 Å². The number of nitrogens with one attached hydrogen (secondary N) is 1. The van der Waals surface area contributed by atoms with Crippen LogP contribution in [0.2, 0.25) is 0 Å². The summed E-state index contributed by atoms with van der Waals surface area (Å²) in [6, 6.07) is -0.683. The van der Waals surface area contributed by atoms with Crippen LogP contribution in [-0.4, -0.2) is 36.2 Å². The van der Waals surface area contributed by atoms with Crippen molar-refractivity contribution in [3.63, 3.8) is 0 Å². The lowest BCUT2D eigenvalue weighted by Gasteiger charge is -2.18. The zero-order valence-electron chi connectivity index (χ0n) is 9.61. The predicted octanol–water partition coefficient (Wildman–Crippen LogP) is 0.0711. The van der Waals surface area contributed by atoms with Gasteiger partial charge >= 0.3 is 5.97 Å². The first-order valence-electron chi connectivity index (χ1n) is 4.94. The van der Waals surface area contributed by atoms with Crippen LogP contribution in [0.4, 0.5) is 0 Å². The molecule has 0 aliphatic heterocycles. The smallest absolute Gasteiger partial charge is 0.328 e. The Balaban J connectivity index is 4.37.